The van der Waals surface area contributed by atoms with Crippen LogP contribution < -0.4 is 0 Å². The minimum absolute atomic E-state index is 0.118. The van der Waals surface area contributed by atoms with E-state index >= 15 is 0 Å². The topological polar surface area (TPSA) is 20.2 Å². The molecule has 0 radical (unpaired) electrons. The molecule has 0 heterocycles. The zero-order valence-electron chi connectivity index (χ0n) is 12.8. The van der Waals surface area contributed by atoms with E-state index in [4.69, 9.17) is 0 Å². The first-order valence-corrected chi connectivity index (χ1v) is 7.32. The van der Waals surface area contributed by atoms with E-state index in [0.717, 1.165) is 12.8 Å². The smallest absolute Gasteiger partial charge is 0.165 e. The van der Waals surface area contributed by atoms with Gasteiger partial charge in [0.15, 0.2) is 11.6 Å². The van der Waals surface area contributed by atoms with Crippen molar-refractivity contribution in [1.29, 1.82) is 0 Å². The fourth-order valence-corrected chi connectivity index (χ4v) is 3.24. The Kier molecular flexibility index (Phi) is 3.94. The normalized spacial score (nSPS) is 27.6. The Labute approximate surface area is 120 Å². The average Bonchev–Trinajstić information content (AvgIpc) is 2.35. The second-order valence-electron chi connectivity index (χ2n) is 7.23. The van der Waals surface area contributed by atoms with Crippen LogP contribution in [0.2, 0.25) is 0 Å². The maximum absolute atomic E-state index is 14.1. The molecule has 0 spiro atoms. The Morgan fingerprint density at radius 3 is 2.15 bits per heavy atom. The number of halogens is 2. The average molecular weight is 282 g/mol. The van der Waals surface area contributed by atoms with Crippen molar-refractivity contribution in [3.63, 3.8) is 0 Å². The molecule has 20 heavy (non-hydrogen) atoms. The first-order chi connectivity index (χ1) is 9.15. The lowest BCUT2D eigenvalue weighted by atomic mass is 9.67. The number of aryl methyl sites for hydroxylation is 1. The Balaban J connectivity index is 2.25. The number of hydrogen-bond acceptors (Lipinski definition) is 1. The molecular weight excluding hydrogens is 258 g/mol. The molecule has 1 aliphatic rings. The van der Waals surface area contributed by atoms with Crippen LogP contribution in [0.15, 0.2) is 12.1 Å². The largest absolute Gasteiger partial charge is 0.385 e. The first-order valence-electron chi connectivity index (χ1n) is 7.32. The van der Waals surface area contributed by atoms with Gasteiger partial charge in [-0.3, -0.25) is 0 Å². The molecule has 2 rings (SSSR count). The van der Waals surface area contributed by atoms with Crippen LogP contribution in [0.25, 0.3) is 0 Å². The van der Waals surface area contributed by atoms with Gasteiger partial charge < -0.3 is 5.11 Å². The van der Waals surface area contributed by atoms with Gasteiger partial charge in [0.25, 0.3) is 0 Å². The maximum Gasteiger partial charge on any atom is 0.165 e. The molecule has 0 bridgehead atoms. The van der Waals surface area contributed by atoms with E-state index < -0.39 is 17.2 Å². The molecule has 1 aliphatic carbocycles. The molecule has 0 unspecified atom stereocenters. The minimum Gasteiger partial charge on any atom is -0.385 e. The number of aliphatic hydroxyl groups is 1. The van der Waals surface area contributed by atoms with Crippen molar-refractivity contribution in [2.24, 2.45) is 11.3 Å². The second kappa shape index (κ2) is 5.10. The van der Waals surface area contributed by atoms with Gasteiger partial charge in [-0.05, 0) is 49.5 Å². The zero-order chi connectivity index (χ0) is 15.1. The van der Waals surface area contributed by atoms with E-state index in [1.807, 2.05) is 0 Å². The third-order valence-electron chi connectivity index (χ3n) is 4.81. The van der Waals surface area contributed by atoms with Crippen molar-refractivity contribution in [2.75, 3.05) is 0 Å². The Bertz CT molecular complexity index is 494. The van der Waals surface area contributed by atoms with Crippen LogP contribution in [0.5, 0.6) is 0 Å². The summed E-state index contributed by atoms with van der Waals surface area (Å²) >= 11 is 0. The summed E-state index contributed by atoms with van der Waals surface area (Å²) in [6, 6.07) is 3.08. The van der Waals surface area contributed by atoms with Gasteiger partial charge in [-0.1, -0.05) is 32.9 Å². The third kappa shape index (κ3) is 2.73. The predicted molar refractivity (Wildman–Crippen MR) is 76.4 cm³/mol. The molecule has 1 N–H and O–H groups in total. The molecule has 0 saturated heterocycles. The Morgan fingerprint density at radius 1 is 1.10 bits per heavy atom. The predicted octanol–water partition coefficient (Wildman–Crippen LogP) is 4.70. The van der Waals surface area contributed by atoms with Crippen LogP contribution in [0, 0.1) is 29.9 Å². The summed E-state index contributed by atoms with van der Waals surface area (Å²) in [5.74, 6) is -1.21. The standard InChI is InChI=1S/C17H24F2O/c1-11-5-6-13(15(19)14(11)18)17(20)9-7-12(8-10-17)16(2,3)4/h5-6,12,20H,7-10H2,1-4H3. The molecule has 1 aromatic carbocycles. The van der Waals surface area contributed by atoms with Crippen LogP contribution in [0.4, 0.5) is 8.78 Å². The highest BCUT2D eigenvalue weighted by atomic mass is 19.2. The SMILES string of the molecule is Cc1ccc(C2(O)CCC(C(C)(C)C)CC2)c(F)c1F. The number of rotatable bonds is 1. The van der Waals surface area contributed by atoms with Crippen molar-refractivity contribution in [1.82, 2.24) is 0 Å². The van der Waals surface area contributed by atoms with Crippen LogP contribution in [0.1, 0.15) is 57.6 Å². The van der Waals surface area contributed by atoms with Crippen molar-refractivity contribution >= 4 is 0 Å². The van der Waals surface area contributed by atoms with Crippen LogP contribution in [-0.2, 0) is 5.60 Å². The maximum atomic E-state index is 14.1. The summed E-state index contributed by atoms with van der Waals surface area (Å²) in [7, 11) is 0. The third-order valence-corrected chi connectivity index (χ3v) is 4.81. The number of benzene rings is 1. The van der Waals surface area contributed by atoms with Gasteiger partial charge in [0.05, 0.1) is 5.60 Å². The molecule has 0 atom stereocenters. The lowest BCUT2D eigenvalue weighted by molar-refractivity contribution is -0.0327. The zero-order valence-corrected chi connectivity index (χ0v) is 12.8. The summed E-state index contributed by atoms with van der Waals surface area (Å²) < 4.78 is 27.8. The van der Waals surface area contributed by atoms with Crippen molar-refractivity contribution in [3.8, 4) is 0 Å². The highest BCUT2D eigenvalue weighted by Gasteiger charge is 2.40. The molecule has 1 fully saturated rings. The van der Waals surface area contributed by atoms with Crippen molar-refractivity contribution in [3.05, 3.63) is 34.9 Å². The monoisotopic (exact) mass is 282 g/mol. The summed E-state index contributed by atoms with van der Waals surface area (Å²) in [6.07, 6.45) is 2.67. The first kappa shape index (κ1) is 15.4. The fourth-order valence-electron chi connectivity index (χ4n) is 3.24. The van der Waals surface area contributed by atoms with Crippen LogP contribution in [0.3, 0.4) is 0 Å². The molecule has 1 nitrogen and oxygen atoms in total. The summed E-state index contributed by atoms with van der Waals surface area (Å²) in [6.45, 7) is 8.10. The van der Waals surface area contributed by atoms with Gasteiger partial charge in [0.2, 0.25) is 0 Å². The lowest BCUT2D eigenvalue weighted by Gasteiger charge is -2.41. The molecule has 1 aromatic rings. The quantitative estimate of drug-likeness (QED) is 0.791. The van der Waals surface area contributed by atoms with Gasteiger partial charge >= 0.3 is 0 Å². The van der Waals surface area contributed by atoms with Gasteiger partial charge in [-0.2, -0.15) is 0 Å². The Morgan fingerprint density at radius 2 is 1.65 bits per heavy atom. The highest BCUT2D eigenvalue weighted by Crippen LogP contribution is 2.46. The van der Waals surface area contributed by atoms with E-state index in [0.29, 0.717) is 18.8 Å². The summed E-state index contributed by atoms with van der Waals surface area (Å²) in [5, 5.41) is 10.7. The highest BCUT2D eigenvalue weighted by molar-refractivity contribution is 5.30. The number of hydrogen-bond donors (Lipinski definition) is 1. The van der Waals surface area contributed by atoms with Gasteiger partial charge in [-0.25, -0.2) is 8.78 Å². The van der Waals surface area contributed by atoms with E-state index in [-0.39, 0.29) is 16.5 Å². The molecule has 3 heteroatoms. The van der Waals surface area contributed by atoms with E-state index in [9.17, 15) is 13.9 Å². The van der Waals surface area contributed by atoms with Gasteiger partial charge in [0.1, 0.15) is 0 Å². The molecular formula is C17H24F2O. The molecule has 112 valence electrons. The van der Waals surface area contributed by atoms with E-state index in [1.165, 1.54) is 13.0 Å². The molecule has 0 aromatic heterocycles. The van der Waals surface area contributed by atoms with E-state index in [2.05, 4.69) is 20.8 Å². The molecule has 0 aliphatic heterocycles. The van der Waals surface area contributed by atoms with E-state index in [1.54, 1.807) is 6.07 Å². The summed E-state index contributed by atoms with van der Waals surface area (Å²) in [5.41, 5.74) is -0.634. The van der Waals surface area contributed by atoms with Gasteiger partial charge in [-0.15, -0.1) is 0 Å². The van der Waals surface area contributed by atoms with Gasteiger partial charge in [0, 0.05) is 5.56 Å². The molecule has 0 amide bonds. The second-order valence-corrected chi connectivity index (χ2v) is 7.23. The van der Waals surface area contributed by atoms with Crippen LogP contribution >= 0.6 is 0 Å². The lowest BCUT2D eigenvalue weighted by Crippen LogP contribution is -2.36. The Hall–Kier alpha value is -0.960. The van der Waals surface area contributed by atoms with Crippen LogP contribution in [-0.4, -0.2) is 5.11 Å². The van der Waals surface area contributed by atoms with Crippen molar-refractivity contribution in [2.45, 2.75) is 59.0 Å². The molecule has 1 saturated carbocycles. The minimum atomic E-state index is -1.22. The fraction of sp³-hybridized carbons (Fsp3) is 0.647. The summed E-state index contributed by atoms with van der Waals surface area (Å²) in [4.78, 5) is 0. The van der Waals surface area contributed by atoms with Crippen molar-refractivity contribution < 1.29 is 13.9 Å².